The van der Waals surface area contributed by atoms with Crippen molar-refractivity contribution in [1.29, 1.82) is 0 Å². The van der Waals surface area contributed by atoms with Crippen molar-refractivity contribution < 1.29 is 27.3 Å². The Hall–Kier alpha value is -5.46. The molecule has 0 unspecified atom stereocenters. The molecule has 0 spiro atoms. The summed E-state index contributed by atoms with van der Waals surface area (Å²) in [7, 11) is -1.70. The van der Waals surface area contributed by atoms with E-state index in [1.165, 1.54) is 5.56 Å². The molecule has 4 aromatic heterocycles. The van der Waals surface area contributed by atoms with Crippen molar-refractivity contribution >= 4 is 46.4 Å². The van der Waals surface area contributed by atoms with Crippen LogP contribution in [0.25, 0.3) is 72.6 Å². The Balaban J connectivity index is 0.000000213. The number of fused-ring (bicyclic) bond motifs is 4. The number of furan rings is 1. The molecule has 7 heteroatoms. The van der Waals surface area contributed by atoms with E-state index in [1.54, 1.807) is 0 Å². The van der Waals surface area contributed by atoms with Crippen LogP contribution in [0.1, 0.15) is 61.1 Å². The van der Waals surface area contributed by atoms with Crippen molar-refractivity contribution in [3.63, 3.8) is 0 Å². The van der Waals surface area contributed by atoms with Crippen molar-refractivity contribution in [1.82, 2.24) is 19.5 Å². The molecular weight excluding hydrogens is 941 g/mol. The molecule has 0 fully saturated rings. The van der Waals surface area contributed by atoms with E-state index in [-0.39, 0.29) is 25.5 Å². The Morgan fingerprint density at radius 1 is 0.754 bits per heavy atom. The summed E-state index contributed by atoms with van der Waals surface area (Å²) in [6.07, 6.45) is 0.469. The molecule has 0 atom stereocenters. The van der Waals surface area contributed by atoms with Crippen LogP contribution in [0.2, 0.25) is 19.6 Å². The normalized spacial score (nSPS) is 12.8. The molecule has 5 aromatic carbocycles. The van der Waals surface area contributed by atoms with Crippen molar-refractivity contribution in [3.8, 4) is 39.5 Å². The van der Waals surface area contributed by atoms with Crippen LogP contribution in [0.5, 0.6) is 0 Å². The Morgan fingerprint density at radius 2 is 1.49 bits per heavy atom. The summed E-state index contributed by atoms with van der Waals surface area (Å²) < 4.78 is 26.1. The number of nitrogens with zero attached hydrogens (tertiary/aromatic N) is 4. The Kier molecular flexibility index (Phi) is 11.5. The van der Waals surface area contributed by atoms with Gasteiger partial charge in [-0.25, -0.2) is 4.98 Å². The monoisotopic (exact) mass is 997 g/mol. The molecule has 311 valence electrons. The molecule has 0 N–H and O–H groups in total. The number of para-hydroxylation sites is 2. The zero-order chi connectivity index (χ0) is 44.2. The van der Waals surface area contributed by atoms with Gasteiger partial charge in [-0.05, 0) is 82.5 Å². The standard InChI is InChI=1S/C35H28N3O.C19H26NSi.Ir/c1-22-17-19-26-25-13-10-14-27(32(25)39-34(26)36-22)33-37-29-15-8-9-16-31(29)38(33)30-20-18-24(35(2,3)4)21-28(30)23-11-6-5-7-12-23;1-19(2,3)13-16-12-17(15-10-8-7-9-11-15)20-14-18(16)21(4,5)6;/h5-13,15-21H,1-4H3;7-10,12,14H,13H2,1-6H3;/q2*-1;/i;13D2;. The number of aromatic nitrogens is 4. The van der Waals surface area contributed by atoms with Gasteiger partial charge in [0.1, 0.15) is 0 Å². The van der Waals surface area contributed by atoms with Gasteiger partial charge in [0.05, 0.1) is 30.5 Å². The molecule has 9 rings (SSSR count). The molecule has 0 aliphatic carbocycles. The second-order valence-electron chi connectivity index (χ2n) is 18.6. The summed E-state index contributed by atoms with van der Waals surface area (Å²) in [6, 6.07) is 50.0. The predicted molar refractivity (Wildman–Crippen MR) is 254 cm³/mol. The van der Waals surface area contributed by atoms with E-state index in [4.69, 9.17) is 12.1 Å². The summed E-state index contributed by atoms with van der Waals surface area (Å²) >= 11 is 0. The van der Waals surface area contributed by atoms with Gasteiger partial charge in [0.25, 0.3) is 0 Å². The van der Waals surface area contributed by atoms with Crippen LogP contribution < -0.4 is 5.19 Å². The van der Waals surface area contributed by atoms with Gasteiger partial charge >= 0.3 is 0 Å². The molecule has 0 saturated heterocycles. The molecule has 0 amide bonds. The third kappa shape index (κ3) is 9.25. The van der Waals surface area contributed by atoms with Crippen LogP contribution in [-0.4, -0.2) is 27.6 Å². The average Bonchev–Trinajstić information content (AvgIpc) is 3.81. The molecule has 1 radical (unpaired) electrons. The first-order chi connectivity index (χ1) is 29.3. The van der Waals surface area contributed by atoms with Gasteiger partial charge in [-0.15, -0.1) is 54.1 Å². The third-order valence-corrected chi connectivity index (χ3v) is 12.6. The van der Waals surface area contributed by atoms with Crippen LogP contribution in [0.3, 0.4) is 0 Å². The van der Waals surface area contributed by atoms with Gasteiger partial charge in [0.15, 0.2) is 0 Å². The van der Waals surface area contributed by atoms with Crippen molar-refractivity contribution in [2.24, 2.45) is 5.41 Å². The minimum atomic E-state index is -1.70. The first kappa shape index (κ1) is 40.9. The van der Waals surface area contributed by atoms with E-state index < -0.39 is 19.9 Å². The minimum absolute atomic E-state index is 0. The maximum Gasteiger partial charge on any atom is 0.216 e. The van der Waals surface area contributed by atoms with Gasteiger partial charge < -0.3 is 14.0 Å². The van der Waals surface area contributed by atoms with Gasteiger partial charge in [-0.1, -0.05) is 132 Å². The molecule has 0 aliphatic rings. The number of benzene rings is 5. The zero-order valence-corrected chi connectivity index (χ0v) is 40.1. The largest absolute Gasteiger partial charge is 0.486 e. The fourth-order valence-corrected chi connectivity index (χ4v) is 9.02. The zero-order valence-electron chi connectivity index (χ0n) is 38.7. The maximum absolute atomic E-state index is 8.75. The number of hydrogen-bond donors (Lipinski definition) is 0. The van der Waals surface area contributed by atoms with Gasteiger partial charge in [0.2, 0.25) is 5.71 Å². The molecule has 9 aromatic rings. The van der Waals surface area contributed by atoms with E-state index in [9.17, 15) is 0 Å². The number of rotatable bonds is 6. The summed E-state index contributed by atoms with van der Waals surface area (Å²) in [5, 5.41) is 3.10. The second kappa shape index (κ2) is 17.1. The Morgan fingerprint density at radius 3 is 2.20 bits per heavy atom. The van der Waals surface area contributed by atoms with Gasteiger partial charge in [-0.2, -0.15) is 0 Å². The Bertz CT molecular complexity index is 3070. The van der Waals surface area contributed by atoms with Gasteiger partial charge in [0, 0.05) is 51.4 Å². The van der Waals surface area contributed by atoms with Crippen LogP contribution in [-0.2, 0) is 31.9 Å². The fraction of sp³-hybridized carbons (Fsp3) is 0.241. The molecule has 0 bridgehead atoms. The van der Waals surface area contributed by atoms with E-state index in [0.717, 1.165) is 83.3 Å². The molecule has 4 heterocycles. The third-order valence-electron chi connectivity index (χ3n) is 10.6. The first-order valence-electron chi connectivity index (χ1n) is 21.7. The number of imidazole rings is 1. The summed E-state index contributed by atoms with van der Waals surface area (Å²) in [5.74, 6) is 0.790. The summed E-state index contributed by atoms with van der Waals surface area (Å²) in [4.78, 5) is 14.4. The number of aryl methyl sites for hydroxylation is 1. The quantitative estimate of drug-likeness (QED) is 0.123. The molecular formula is C54H54IrN4OSi-2. The fourth-order valence-electron chi connectivity index (χ4n) is 7.63. The van der Waals surface area contributed by atoms with Crippen molar-refractivity contribution in [2.75, 3.05) is 0 Å². The van der Waals surface area contributed by atoms with E-state index in [1.807, 2.05) is 88.5 Å². The summed E-state index contributed by atoms with van der Waals surface area (Å²) in [5.41, 5.74) is 11.7. The molecule has 0 saturated carbocycles. The van der Waals surface area contributed by atoms with Crippen LogP contribution in [0.4, 0.5) is 0 Å². The maximum atomic E-state index is 8.75. The number of pyridine rings is 2. The topological polar surface area (TPSA) is 56.7 Å². The smallest absolute Gasteiger partial charge is 0.216 e. The van der Waals surface area contributed by atoms with Crippen molar-refractivity contribution in [3.05, 3.63) is 163 Å². The SMILES string of the molecule is Cc1ccc2c(n1)oc1c(-c3nc4ccccc4n3-c3ccc(C(C)(C)C)cc3-c3ccccc3)[c-]ccc12.[2H]C([2H])(c1cc(-c2[c-]cccc2)ncc1[Si](C)(C)C)C(C)(C)C.[Ir]. The van der Waals surface area contributed by atoms with E-state index in [0.29, 0.717) is 5.71 Å². The van der Waals surface area contributed by atoms with Gasteiger partial charge in [-0.3, -0.25) is 4.98 Å². The predicted octanol–water partition coefficient (Wildman–Crippen LogP) is 13.7. The minimum Gasteiger partial charge on any atom is -0.486 e. The molecule has 0 aliphatic heterocycles. The number of hydrogen-bond acceptors (Lipinski definition) is 4. The second-order valence-corrected chi connectivity index (χ2v) is 23.7. The molecule has 61 heavy (non-hydrogen) atoms. The van der Waals surface area contributed by atoms with Crippen LogP contribution in [0, 0.1) is 24.5 Å². The van der Waals surface area contributed by atoms with Crippen molar-refractivity contribution in [2.45, 2.75) is 79.9 Å². The average molecular weight is 997 g/mol. The van der Waals surface area contributed by atoms with E-state index in [2.05, 4.69) is 140 Å². The Labute approximate surface area is 378 Å². The van der Waals surface area contributed by atoms with E-state index >= 15 is 0 Å². The van der Waals surface area contributed by atoms with Crippen LogP contribution in [0.15, 0.2) is 138 Å². The molecule has 5 nitrogen and oxygen atoms in total. The summed E-state index contributed by atoms with van der Waals surface area (Å²) in [6.45, 7) is 21.3. The van der Waals surface area contributed by atoms with Crippen LogP contribution >= 0.6 is 0 Å². The first-order valence-corrected chi connectivity index (χ1v) is 24.2.